The Balaban J connectivity index is 1.87. The molecule has 0 saturated heterocycles. The van der Waals surface area contributed by atoms with Gasteiger partial charge in [-0.25, -0.2) is 9.97 Å². The van der Waals surface area contributed by atoms with E-state index < -0.39 is 0 Å². The number of ether oxygens (including phenoxy) is 1. The predicted octanol–water partition coefficient (Wildman–Crippen LogP) is 4.27. The van der Waals surface area contributed by atoms with Crippen LogP contribution < -0.4 is 4.74 Å². The molecule has 0 atom stereocenters. The Morgan fingerprint density at radius 2 is 1.74 bits per heavy atom. The maximum Gasteiger partial charge on any atom is 0.182 e. The van der Waals surface area contributed by atoms with Gasteiger partial charge in [0.2, 0.25) is 0 Å². The first kappa shape index (κ1) is 17.2. The maximum absolute atomic E-state index is 6.39. The fraction of sp³-hybridized carbons (Fsp3) is 0.100. The molecule has 0 amide bonds. The number of nitrogens with zero attached hydrogens (tertiary/aromatic N) is 5. The van der Waals surface area contributed by atoms with Gasteiger partial charge in [-0.15, -0.1) is 0 Å². The van der Waals surface area contributed by atoms with Crippen molar-refractivity contribution >= 4 is 11.6 Å². The second kappa shape index (κ2) is 7.17. The van der Waals surface area contributed by atoms with Gasteiger partial charge in [0.1, 0.15) is 5.69 Å². The summed E-state index contributed by atoms with van der Waals surface area (Å²) < 4.78 is 7.25. The zero-order chi connectivity index (χ0) is 18.8. The van der Waals surface area contributed by atoms with Crippen molar-refractivity contribution in [3.8, 4) is 39.7 Å². The summed E-state index contributed by atoms with van der Waals surface area (Å²) >= 11 is 6.39. The molecule has 0 radical (unpaired) electrons. The number of methoxy groups -OCH3 is 1. The lowest BCUT2D eigenvalue weighted by molar-refractivity contribution is 0.413. The zero-order valence-corrected chi connectivity index (χ0v) is 15.6. The van der Waals surface area contributed by atoms with Gasteiger partial charge >= 0.3 is 0 Å². The molecule has 3 aromatic heterocycles. The summed E-state index contributed by atoms with van der Waals surface area (Å²) in [5, 5.41) is 4.72. The average Bonchev–Trinajstić information content (AvgIpc) is 3.14. The number of hydrogen-bond donors (Lipinski definition) is 0. The van der Waals surface area contributed by atoms with E-state index in [2.05, 4.69) is 15.1 Å². The smallest absolute Gasteiger partial charge is 0.182 e. The van der Waals surface area contributed by atoms with Crippen LogP contribution in [0.3, 0.4) is 0 Å². The molecular formula is C20H16ClN5O. The van der Waals surface area contributed by atoms with Gasteiger partial charge in [-0.1, -0.05) is 29.8 Å². The molecule has 134 valence electrons. The minimum Gasteiger partial charge on any atom is -0.491 e. The molecule has 0 unspecified atom stereocenters. The first-order valence-corrected chi connectivity index (χ1v) is 8.66. The standard InChI is InChI=1S/C20H16ClN5O/c1-26-11-8-16(25-26)14-4-3-5-15(12-14)17-18(27-2)19(21)24-20(23-17)13-6-9-22-10-7-13/h3-12H,1-2H3. The summed E-state index contributed by atoms with van der Waals surface area (Å²) in [6.07, 6.45) is 5.29. The van der Waals surface area contributed by atoms with Crippen LogP contribution in [0.4, 0.5) is 0 Å². The van der Waals surface area contributed by atoms with Crippen LogP contribution in [0.25, 0.3) is 33.9 Å². The first-order chi connectivity index (χ1) is 13.2. The Hall–Kier alpha value is -3.25. The summed E-state index contributed by atoms with van der Waals surface area (Å²) in [6.45, 7) is 0. The third kappa shape index (κ3) is 3.39. The van der Waals surface area contributed by atoms with Crippen LogP contribution in [-0.4, -0.2) is 31.8 Å². The summed E-state index contributed by atoms with van der Waals surface area (Å²) in [5.74, 6) is 0.953. The molecule has 1 aromatic carbocycles. The van der Waals surface area contributed by atoms with E-state index in [0.717, 1.165) is 22.4 Å². The van der Waals surface area contributed by atoms with Gasteiger partial charge in [-0.3, -0.25) is 9.67 Å². The third-order valence-electron chi connectivity index (χ3n) is 4.11. The molecule has 27 heavy (non-hydrogen) atoms. The highest BCUT2D eigenvalue weighted by Crippen LogP contribution is 2.36. The molecule has 4 rings (SSSR count). The summed E-state index contributed by atoms with van der Waals surface area (Å²) in [7, 11) is 3.45. The fourth-order valence-electron chi connectivity index (χ4n) is 2.82. The highest BCUT2D eigenvalue weighted by atomic mass is 35.5. The van der Waals surface area contributed by atoms with E-state index >= 15 is 0 Å². The van der Waals surface area contributed by atoms with E-state index in [9.17, 15) is 0 Å². The SMILES string of the molecule is COc1c(Cl)nc(-c2ccncc2)nc1-c1cccc(-c2ccn(C)n2)c1. The molecule has 0 fully saturated rings. The Morgan fingerprint density at radius 3 is 2.44 bits per heavy atom. The van der Waals surface area contributed by atoms with Crippen LogP contribution in [0.2, 0.25) is 5.15 Å². The van der Waals surface area contributed by atoms with E-state index in [1.165, 1.54) is 0 Å². The van der Waals surface area contributed by atoms with Crippen molar-refractivity contribution in [1.82, 2.24) is 24.7 Å². The molecule has 0 spiro atoms. The van der Waals surface area contributed by atoms with Gasteiger partial charge in [0, 0.05) is 42.3 Å². The Labute approximate surface area is 161 Å². The Kier molecular flexibility index (Phi) is 4.56. The van der Waals surface area contributed by atoms with E-state index in [4.69, 9.17) is 21.3 Å². The van der Waals surface area contributed by atoms with Crippen molar-refractivity contribution in [3.05, 3.63) is 66.2 Å². The van der Waals surface area contributed by atoms with Gasteiger partial charge in [0.05, 0.1) is 12.8 Å². The third-order valence-corrected chi connectivity index (χ3v) is 4.37. The maximum atomic E-state index is 6.39. The Morgan fingerprint density at radius 1 is 0.963 bits per heavy atom. The number of benzene rings is 1. The van der Waals surface area contributed by atoms with E-state index in [0.29, 0.717) is 17.3 Å². The molecule has 0 aliphatic rings. The van der Waals surface area contributed by atoms with Crippen LogP contribution in [0.15, 0.2) is 61.1 Å². The van der Waals surface area contributed by atoms with Gasteiger partial charge in [-0.05, 0) is 24.3 Å². The monoisotopic (exact) mass is 377 g/mol. The van der Waals surface area contributed by atoms with Crippen LogP contribution in [0.5, 0.6) is 5.75 Å². The van der Waals surface area contributed by atoms with Crippen molar-refractivity contribution < 1.29 is 4.74 Å². The number of aromatic nitrogens is 5. The fourth-order valence-corrected chi connectivity index (χ4v) is 3.07. The average molecular weight is 378 g/mol. The quantitative estimate of drug-likeness (QED) is 0.497. The van der Waals surface area contributed by atoms with Crippen molar-refractivity contribution in [2.45, 2.75) is 0 Å². The van der Waals surface area contributed by atoms with Crippen LogP contribution >= 0.6 is 11.6 Å². The normalized spacial score (nSPS) is 10.8. The van der Waals surface area contributed by atoms with Crippen LogP contribution in [0.1, 0.15) is 0 Å². The predicted molar refractivity (Wildman–Crippen MR) is 104 cm³/mol. The largest absolute Gasteiger partial charge is 0.491 e. The van der Waals surface area contributed by atoms with Gasteiger partial charge in [-0.2, -0.15) is 5.10 Å². The van der Waals surface area contributed by atoms with Crippen LogP contribution in [-0.2, 0) is 7.05 Å². The number of aryl methyl sites for hydroxylation is 1. The minimum atomic E-state index is 0.262. The van der Waals surface area contributed by atoms with E-state index in [1.54, 1.807) is 24.2 Å². The second-order valence-electron chi connectivity index (χ2n) is 5.91. The molecule has 0 N–H and O–H groups in total. The summed E-state index contributed by atoms with van der Waals surface area (Å²) in [5.41, 5.74) is 4.19. The number of hydrogen-bond acceptors (Lipinski definition) is 5. The highest BCUT2D eigenvalue weighted by molar-refractivity contribution is 6.31. The molecule has 0 bridgehead atoms. The van der Waals surface area contributed by atoms with Gasteiger partial charge in [0.25, 0.3) is 0 Å². The lowest BCUT2D eigenvalue weighted by Crippen LogP contribution is -1.99. The van der Waals surface area contributed by atoms with Gasteiger partial charge < -0.3 is 4.74 Å². The number of halogens is 1. The topological polar surface area (TPSA) is 65.7 Å². The number of pyridine rings is 1. The molecule has 0 aliphatic carbocycles. The summed E-state index contributed by atoms with van der Waals surface area (Å²) in [4.78, 5) is 13.1. The summed E-state index contributed by atoms with van der Waals surface area (Å²) in [6, 6.07) is 13.6. The van der Waals surface area contributed by atoms with E-state index in [1.807, 2.05) is 55.7 Å². The van der Waals surface area contributed by atoms with Crippen molar-refractivity contribution in [2.24, 2.45) is 7.05 Å². The molecule has 3 heterocycles. The molecule has 0 saturated carbocycles. The first-order valence-electron chi connectivity index (χ1n) is 8.28. The van der Waals surface area contributed by atoms with Gasteiger partial charge in [0.15, 0.2) is 16.7 Å². The molecule has 4 aromatic rings. The molecule has 0 aliphatic heterocycles. The van der Waals surface area contributed by atoms with Crippen molar-refractivity contribution in [2.75, 3.05) is 7.11 Å². The zero-order valence-electron chi connectivity index (χ0n) is 14.8. The highest BCUT2D eigenvalue weighted by Gasteiger charge is 2.17. The van der Waals surface area contributed by atoms with E-state index in [-0.39, 0.29) is 5.15 Å². The lowest BCUT2D eigenvalue weighted by Gasteiger charge is -2.12. The molecular weight excluding hydrogens is 362 g/mol. The minimum absolute atomic E-state index is 0.262. The molecule has 7 heteroatoms. The second-order valence-corrected chi connectivity index (χ2v) is 6.27. The van der Waals surface area contributed by atoms with Crippen LogP contribution in [0, 0.1) is 0 Å². The van der Waals surface area contributed by atoms with Crippen molar-refractivity contribution in [1.29, 1.82) is 0 Å². The molecule has 6 nitrogen and oxygen atoms in total. The van der Waals surface area contributed by atoms with Crippen molar-refractivity contribution in [3.63, 3.8) is 0 Å². The number of rotatable bonds is 4. The Bertz CT molecular complexity index is 1090. The lowest BCUT2D eigenvalue weighted by atomic mass is 10.1.